The van der Waals surface area contributed by atoms with Crippen molar-refractivity contribution in [2.75, 3.05) is 64.4 Å². The Morgan fingerprint density at radius 2 is 1.08 bits per heavy atom. The number of anilines is 2. The summed E-state index contributed by atoms with van der Waals surface area (Å²) in [5.41, 5.74) is 5.17. The van der Waals surface area contributed by atoms with E-state index in [1.54, 1.807) is 23.6 Å². The van der Waals surface area contributed by atoms with E-state index in [2.05, 4.69) is 38.6 Å². The molecule has 4 saturated heterocycles. The van der Waals surface area contributed by atoms with Crippen molar-refractivity contribution in [2.24, 2.45) is 0 Å². The SMILES string of the molecule is COC(=O)N[C@H](C(=O)N1CCC[C@H]1c1nc2cc([C@H]3CC[C@H](c4ccc5[nH]c([C@@H]6CCCN6C(=O)[C@@H](NC(=O)OC)[C@@H](C)OC)nc5c4)N3c3cc(F)c(N4CC[Si](C)(C)CC4)c(F)c3)ccc2[nH]1)[C@@H](C)OC. The first-order chi connectivity index (χ1) is 35.0. The molecule has 3 aromatic carbocycles. The van der Waals surface area contributed by atoms with Crippen molar-refractivity contribution in [1.29, 1.82) is 0 Å². The molecule has 18 nitrogen and oxygen atoms in total. The van der Waals surface area contributed by atoms with Crippen molar-refractivity contribution in [3.8, 4) is 0 Å². The normalized spacial score (nSPS) is 22.7. The van der Waals surface area contributed by atoms with Crippen molar-refractivity contribution in [2.45, 2.75) is 126 Å². The summed E-state index contributed by atoms with van der Waals surface area (Å²) < 4.78 is 53.8. The van der Waals surface area contributed by atoms with Crippen LogP contribution in [0.3, 0.4) is 0 Å². The summed E-state index contributed by atoms with van der Waals surface area (Å²) in [6.45, 7) is 10.3. The number of halogens is 2. The van der Waals surface area contributed by atoms with Crippen molar-refractivity contribution < 1.29 is 46.9 Å². The Kier molecular flexibility index (Phi) is 15.0. The first-order valence-electron chi connectivity index (χ1n) is 25.4. The fourth-order valence-corrected chi connectivity index (χ4v) is 13.4. The van der Waals surface area contributed by atoms with Gasteiger partial charge in [0.25, 0.3) is 0 Å². The Balaban J connectivity index is 1.04. The zero-order valence-electron chi connectivity index (χ0n) is 42.9. The highest BCUT2D eigenvalue weighted by Gasteiger charge is 2.42. The molecule has 2 aromatic heterocycles. The predicted octanol–water partition coefficient (Wildman–Crippen LogP) is 8.17. The lowest BCUT2D eigenvalue weighted by atomic mass is 10.0. The second kappa shape index (κ2) is 21.3. The van der Waals surface area contributed by atoms with Gasteiger partial charge in [-0.3, -0.25) is 9.59 Å². The Bertz CT molecular complexity index is 2680. The lowest BCUT2D eigenvalue weighted by Gasteiger charge is -2.38. The third-order valence-corrected chi connectivity index (χ3v) is 18.9. The largest absolute Gasteiger partial charge is 0.453 e. The Morgan fingerprint density at radius 3 is 1.49 bits per heavy atom. The lowest BCUT2D eigenvalue weighted by Crippen LogP contribution is -2.54. The highest BCUT2D eigenvalue weighted by molar-refractivity contribution is 6.77. The molecule has 6 heterocycles. The van der Waals surface area contributed by atoms with Gasteiger partial charge in [0.1, 0.15) is 29.4 Å². The van der Waals surface area contributed by atoms with Crippen LogP contribution >= 0.6 is 0 Å². The van der Waals surface area contributed by atoms with Crippen LogP contribution < -0.4 is 20.4 Å². The minimum atomic E-state index is -1.42. The molecule has 73 heavy (non-hydrogen) atoms. The van der Waals surface area contributed by atoms with Crippen LogP contribution in [0.2, 0.25) is 25.2 Å². The Hall–Kier alpha value is -6.32. The van der Waals surface area contributed by atoms with Crippen molar-refractivity contribution >= 4 is 65.5 Å². The maximum Gasteiger partial charge on any atom is 0.407 e. The molecule has 5 aromatic rings. The molecule has 0 saturated carbocycles. The number of likely N-dealkylation sites (tertiary alicyclic amines) is 2. The van der Waals surface area contributed by atoms with E-state index < -0.39 is 56.2 Å². The van der Waals surface area contributed by atoms with Gasteiger partial charge in [0.2, 0.25) is 11.8 Å². The van der Waals surface area contributed by atoms with Crippen LogP contribution in [0.15, 0.2) is 48.5 Å². The van der Waals surface area contributed by atoms with Crippen LogP contribution in [0, 0.1) is 11.6 Å². The topological polar surface area (TPSA) is 200 Å². The fourth-order valence-electron chi connectivity index (χ4n) is 11.4. The van der Waals surface area contributed by atoms with E-state index in [0.29, 0.717) is 80.2 Å². The number of aromatic nitrogens is 4. The van der Waals surface area contributed by atoms with Gasteiger partial charge >= 0.3 is 12.2 Å². The molecule has 8 atom stereocenters. The average Bonchev–Trinajstić information content (AvgIpc) is 4.25. The number of hydrogen-bond acceptors (Lipinski definition) is 12. The number of alkyl carbamates (subject to hydrolysis) is 2. The van der Waals surface area contributed by atoms with Gasteiger partial charge in [0, 0.05) is 46.1 Å². The third-order valence-electron chi connectivity index (χ3n) is 15.8. The van der Waals surface area contributed by atoms with E-state index in [9.17, 15) is 19.2 Å². The van der Waals surface area contributed by atoms with Crippen LogP contribution in [-0.2, 0) is 28.5 Å². The number of amides is 4. The van der Waals surface area contributed by atoms with Crippen LogP contribution in [-0.4, -0.2) is 141 Å². The molecule has 0 unspecified atom stereocenters. The van der Waals surface area contributed by atoms with E-state index >= 15 is 8.78 Å². The number of nitrogens with one attached hydrogen (secondary N) is 4. The van der Waals surface area contributed by atoms with Crippen molar-refractivity contribution in [1.82, 2.24) is 40.4 Å². The summed E-state index contributed by atoms with van der Waals surface area (Å²) in [6.07, 6.45) is 1.40. The number of aromatic amines is 2. The summed E-state index contributed by atoms with van der Waals surface area (Å²) in [6, 6.07) is 13.6. The number of ether oxygens (including phenoxy) is 4. The maximum atomic E-state index is 16.6. The molecule has 4 fully saturated rings. The number of fused-ring (bicyclic) bond motifs is 2. The second-order valence-electron chi connectivity index (χ2n) is 20.7. The summed E-state index contributed by atoms with van der Waals surface area (Å²) in [7, 11) is 4.03. The minimum Gasteiger partial charge on any atom is -0.453 e. The zero-order chi connectivity index (χ0) is 51.9. The number of rotatable bonds is 14. The number of imidazole rings is 2. The van der Waals surface area contributed by atoms with Gasteiger partial charge in [-0.25, -0.2) is 28.3 Å². The smallest absolute Gasteiger partial charge is 0.407 e. The molecular weight excluding hydrogens is 959 g/mol. The molecular formula is C52H68F2N10O8Si. The van der Waals surface area contributed by atoms with Gasteiger partial charge in [0.05, 0.1) is 80.7 Å². The third kappa shape index (κ3) is 10.3. The summed E-state index contributed by atoms with van der Waals surface area (Å²) in [5.74, 6) is -0.572. The van der Waals surface area contributed by atoms with Crippen molar-refractivity contribution in [3.05, 3.63) is 82.9 Å². The average molecular weight is 1030 g/mol. The van der Waals surface area contributed by atoms with Gasteiger partial charge in [-0.15, -0.1) is 0 Å². The number of benzene rings is 3. The van der Waals surface area contributed by atoms with Crippen LogP contribution in [0.4, 0.5) is 29.7 Å². The van der Waals surface area contributed by atoms with Gasteiger partial charge in [-0.1, -0.05) is 25.2 Å². The molecule has 4 amide bonds. The van der Waals surface area contributed by atoms with Crippen LogP contribution in [0.1, 0.15) is 99.3 Å². The number of hydrogen-bond donors (Lipinski definition) is 4. The monoisotopic (exact) mass is 1030 g/mol. The summed E-state index contributed by atoms with van der Waals surface area (Å²) in [4.78, 5) is 77.1. The highest BCUT2D eigenvalue weighted by atomic mass is 28.3. The lowest BCUT2D eigenvalue weighted by molar-refractivity contribution is -0.138. The standard InChI is InChI=1S/C52H68F2N10O8Si/c1-29(69-3)44(59-51(67)71-5)49(65)62-19-9-11-42(62)47-55-36-15-13-31(25-38(36)57-47)40-17-18-41(64(40)33-27-34(53)46(35(54)28-33)61-21-23-73(7,8)24-22-61)32-14-16-37-39(26-32)58-48(56-37)43-12-10-20-63(43)50(66)45(30(2)70-4)60-52(68)72-6/h13-16,25-30,40-45H,9-12,17-24H2,1-8H3,(H,55,57)(H,56,58)(H,59,67)(H,60,68)/t29-,30-,40-,41-,42+,43+,44+,45+/m1/s1. The molecule has 392 valence electrons. The molecule has 4 aliphatic heterocycles. The van der Waals surface area contributed by atoms with E-state index in [-0.39, 0.29) is 41.7 Å². The molecule has 0 aliphatic carbocycles. The number of H-pyrrole nitrogens is 2. The van der Waals surface area contributed by atoms with Gasteiger partial charge in [-0.2, -0.15) is 0 Å². The summed E-state index contributed by atoms with van der Waals surface area (Å²) >= 11 is 0. The van der Waals surface area contributed by atoms with Gasteiger partial charge < -0.3 is 59.1 Å². The molecule has 4 aliphatic rings. The predicted molar refractivity (Wildman–Crippen MR) is 274 cm³/mol. The quantitative estimate of drug-likeness (QED) is 0.0780. The van der Waals surface area contributed by atoms with E-state index in [0.717, 1.165) is 47.1 Å². The highest BCUT2D eigenvalue weighted by Crippen LogP contribution is 2.49. The number of carbonyl (C=O) groups excluding carboxylic acids is 4. The Labute approximate surface area is 424 Å². The Morgan fingerprint density at radius 1 is 0.644 bits per heavy atom. The molecule has 0 radical (unpaired) electrons. The first-order valence-corrected chi connectivity index (χ1v) is 28.8. The number of nitrogens with zero attached hydrogens (tertiary/aromatic N) is 6. The maximum absolute atomic E-state index is 16.6. The first kappa shape index (κ1) is 51.6. The number of carbonyl (C=O) groups is 4. The zero-order valence-corrected chi connectivity index (χ0v) is 43.9. The molecule has 4 N–H and O–H groups in total. The second-order valence-corrected chi connectivity index (χ2v) is 26.0. The molecule has 0 spiro atoms. The van der Waals surface area contributed by atoms with E-state index in [4.69, 9.17) is 28.9 Å². The minimum absolute atomic E-state index is 0.0171. The van der Waals surface area contributed by atoms with Crippen LogP contribution in [0.25, 0.3) is 22.1 Å². The van der Waals surface area contributed by atoms with Gasteiger partial charge in [-0.05, 0) is 112 Å². The van der Waals surface area contributed by atoms with Gasteiger partial charge in [0.15, 0.2) is 11.6 Å². The molecule has 9 rings (SSSR count). The summed E-state index contributed by atoms with van der Waals surface area (Å²) in [5, 5.41) is 5.28. The van der Waals surface area contributed by atoms with E-state index in [1.807, 2.05) is 41.3 Å². The number of methoxy groups -OCH3 is 4. The van der Waals surface area contributed by atoms with E-state index in [1.165, 1.54) is 40.6 Å². The fraction of sp³-hybridized carbons (Fsp3) is 0.538. The van der Waals surface area contributed by atoms with Crippen molar-refractivity contribution in [3.63, 3.8) is 0 Å². The molecule has 0 bridgehead atoms. The van der Waals surface area contributed by atoms with Crippen LogP contribution in [0.5, 0.6) is 0 Å². The molecule has 21 heteroatoms.